The van der Waals surface area contributed by atoms with Gasteiger partial charge in [-0.15, -0.1) is 0 Å². The second kappa shape index (κ2) is 5.39. The summed E-state index contributed by atoms with van der Waals surface area (Å²) in [4.78, 5) is 10.4. The summed E-state index contributed by atoms with van der Waals surface area (Å²) >= 11 is 2.92. The van der Waals surface area contributed by atoms with Crippen LogP contribution >= 0.6 is 15.9 Å². The molecule has 0 aliphatic heterocycles. The van der Waals surface area contributed by atoms with Gasteiger partial charge in [-0.25, -0.2) is 8.78 Å². The van der Waals surface area contributed by atoms with E-state index in [1.807, 2.05) is 0 Å². The maximum Gasteiger partial charge on any atom is 0.166 e. The van der Waals surface area contributed by atoms with Crippen LogP contribution in [-0.4, -0.2) is 13.4 Å². The minimum Gasteiger partial charge on any atom is -0.493 e. The first-order valence-electron chi connectivity index (χ1n) is 4.67. The normalized spacial score (nSPS) is 12.3. The van der Waals surface area contributed by atoms with Crippen LogP contribution in [0.5, 0.6) is 5.75 Å². The van der Waals surface area contributed by atoms with E-state index in [1.165, 1.54) is 7.11 Å². The maximum atomic E-state index is 13.8. The Morgan fingerprint density at radius 1 is 1.56 bits per heavy atom. The zero-order valence-electron chi connectivity index (χ0n) is 8.89. The molecule has 1 rings (SSSR count). The average molecular weight is 293 g/mol. The summed E-state index contributed by atoms with van der Waals surface area (Å²) in [5, 5.41) is 0. The highest BCUT2D eigenvalue weighted by molar-refractivity contribution is 9.10. The minimum atomic E-state index is -0.650. The Morgan fingerprint density at radius 2 is 2.19 bits per heavy atom. The highest BCUT2D eigenvalue weighted by Gasteiger charge is 2.22. The van der Waals surface area contributed by atoms with Crippen LogP contribution in [0.4, 0.5) is 8.78 Å². The lowest BCUT2D eigenvalue weighted by molar-refractivity contribution is -0.108. The molecular weight excluding hydrogens is 282 g/mol. The van der Waals surface area contributed by atoms with Crippen LogP contribution in [0.25, 0.3) is 0 Å². The van der Waals surface area contributed by atoms with Crippen molar-refractivity contribution in [1.82, 2.24) is 0 Å². The number of hydrogen-bond acceptors (Lipinski definition) is 2. The number of carbonyl (C=O) groups is 1. The third kappa shape index (κ3) is 2.40. The van der Waals surface area contributed by atoms with Gasteiger partial charge in [0.2, 0.25) is 0 Å². The number of methoxy groups -OCH3 is 1. The Hall–Kier alpha value is -0.970. The number of halogens is 3. The summed E-state index contributed by atoms with van der Waals surface area (Å²) < 4.78 is 32.1. The fourth-order valence-corrected chi connectivity index (χ4v) is 1.92. The van der Waals surface area contributed by atoms with Crippen LogP contribution in [0.3, 0.4) is 0 Å². The van der Waals surface area contributed by atoms with Crippen molar-refractivity contribution in [1.29, 1.82) is 0 Å². The summed E-state index contributed by atoms with van der Waals surface area (Å²) in [5.74, 6) is -1.81. The molecule has 0 spiro atoms. The van der Waals surface area contributed by atoms with Gasteiger partial charge in [0.1, 0.15) is 12.1 Å². The molecule has 88 valence electrons. The topological polar surface area (TPSA) is 26.3 Å². The van der Waals surface area contributed by atoms with Crippen molar-refractivity contribution in [2.24, 2.45) is 0 Å². The molecule has 0 N–H and O–H groups in total. The first-order chi connectivity index (χ1) is 7.52. The van der Waals surface area contributed by atoms with Crippen molar-refractivity contribution in [3.05, 3.63) is 27.7 Å². The van der Waals surface area contributed by atoms with Gasteiger partial charge in [-0.1, -0.05) is 6.92 Å². The molecule has 0 aliphatic rings. The maximum absolute atomic E-state index is 13.8. The molecule has 0 aliphatic carbocycles. The largest absolute Gasteiger partial charge is 0.493 e. The first-order valence-corrected chi connectivity index (χ1v) is 5.47. The van der Waals surface area contributed by atoms with Gasteiger partial charge in [0.05, 0.1) is 11.6 Å². The standard InChI is InChI=1S/C11H11BrF2O2/c1-6(3-4-15)9-10(14)7(12)5-8(13)11(9)16-2/h4-6H,3H2,1-2H3. The van der Waals surface area contributed by atoms with Crippen LogP contribution in [0.1, 0.15) is 24.8 Å². The molecular formula is C11H11BrF2O2. The molecule has 0 heterocycles. The molecule has 1 aromatic rings. The summed E-state index contributed by atoms with van der Waals surface area (Å²) in [5.41, 5.74) is 0.0847. The molecule has 0 saturated carbocycles. The quantitative estimate of drug-likeness (QED) is 0.628. The van der Waals surface area contributed by atoms with E-state index in [-0.39, 0.29) is 22.2 Å². The van der Waals surface area contributed by atoms with Crippen LogP contribution in [0.2, 0.25) is 0 Å². The molecule has 16 heavy (non-hydrogen) atoms. The van der Waals surface area contributed by atoms with Gasteiger partial charge >= 0.3 is 0 Å². The van der Waals surface area contributed by atoms with Crippen LogP contribution < -0.4 is 4.74 Å². The number of rotatable bonds is 4. The zero-order valence-corrected chi connectivity index (χ0v) is 10.5. The summed E-state index contributed by atoms with van der Waals surface area (Å²) in [6.07, 6.45) is 0.783. The molecule has 2 nitrogen and oxygen atoms in total. The van der Waals surface area contributed by atoms with E-state index >= 15 is 0 Å². The van der Waals surface area contributed by atoms with Gasteiger partial charge in [0, 0.05) is 12.0 Å². The van der Waals surface area contributed by atoms with E-state index < -0.39 is 17.6 Å². The van der Waals surface area contributed by atoms with Crippen LogP contribution in [0, 0.1) is 11.6 Å². The molecule has 0 radical (unpaired) electrons. The van der Waals surface area contributed by atoms with Gasteiger partial charge in [-0.2, -0.15) is 0 Å². The predicted octanol–water partition coefficient (Wildman–Crippen LogP) is 3.43. The highest BCUT2D eigenvalue weighted by atomic mass is 79.9. The van der Waals surface area contributed by atoms with Gasteiger partial charge in [-0.05, 0) is 27.9 Å². The summed E-state index contributed by atoms with van der Waals surface area (Å²) in [7, 11) is 1.27. The summed E-state index contributed by atoms with van der Waals surface area (Å²) in [6, 6.07) is 1.01. The van der Waals surface area contributed by atoms with Crippen molar-refractivity contribution >= 4 is 22.2 Å². The molecule has 1 unspecified atom stereocenters. The zero-order chi connectivity index (χ0) is 12.3. The Balaban J connectivity index is 3.37. The molecule has 0 fully saturated rings. The van der Waals surface area contributed by atoms with Crippen LogP contribution in [0.15, 0.2) is 10.5 Å². The lowest BCUT2D eigenvalue weighted by Crippen LogP contribution is -2.05. The molecule has 1 atom stereocenters. The van der Waals surface area contributed by atoms with Crippen molar-refractivity contribution in [2.75, 3.05) is 7.11 Å². The average Bonchev–Trinajstić information content (AvgIpc) is 2.23. The molecule has 0 amide bonds. The predicted molar refractivity (Wildman–Crippen MR) is 59.7 cm³/mol. The van der Waals surface area contributed by atoms with E-state index in [2.05, 4.69) is 15.9 Å². The number of ether oxygens (including phenoxy) is 1. The first kappa shape index (κ1) is 13.1. The van der Waals surface area contributed by atoms with Gasteiger partial charge < -0.3 is 9.53 Å². The van der Waals surface area contributed by atoms with Gasteiger partial charge in [0.25, 0.3) is 0 Å². The summed E-state index contributed by atoms with van der Waals surface area (Å²) in [6.45, 7) is 1.64. The number of aldehydes is 1. The fourth-order valence-electron chi connectivity index (χ4n) is 1.51. The van der Waals surface area contributed by atoms with Crippen molar-refractivity contribution in [3.8, 4) is 5.75 Å². The fraction of sp³-hybridized carbons (Fsp3) is 0.364. The van der Waals surface area contributed by atoms with Crippen molar-refractivity contribution in [2.45, 2.75) is 19.3 Å². The third-order valence-corrected chi connectivity index (χ3v) is 2.88. The van der Waals surface area contributed by atoms with Gasteiger partial charge in [0.15, 0.2) is 11.6 Å². The van der Waals surface area contributed by atoms with E-state index in [1.54, 1.807) is 6.92 Å². The van der Waals surface area contributed by atoms with Crippen molar-refractivity contribution in [3.63, 3.8) is 0 Å². The Morgan fingerprint density at radius 3 is 2.69 bits per heavy atom. The Kier molecular flexibility index (Phi) is 4.41. The number of carbonyl (C=O) groups excluding carboxylic acids is 1. The van der Waals surface area contributed by atoms with Crippen LogP contribution in [-0.2, 0) is 4.79 Å². The van der Waals surface area contributed by atoms with Crippen molar-refractivity contribution < 1.29 is 18.3 Å². The smallest absolute Gasteiger partial charge is 0.166 e. The third-order valence-electron chi connectivity index (χ3n) is 2.31. The molecule has 5 heteroatoms. The molecule has 0 bridgehead atoms. The Bertz CT molecular complexity index is 407. The van der Waals surface area contributed by atoms with E-state index in [0.29, 0.717) is 6.29 Å². The number of hydrogen-bond donors (Lipinski definition) is 0. The SMILES string of the molecule is COc1c(F)cc(Br)c(F)c1C(C)CC=O. The van der Waals surface area contributed by atoms with E-state index in [0.717, 1.165) is 6.07 Å². The minimum absolute atomic E-state index is 0.0264. The second-order valence-corrected chi connectivity index (χ2v) is 4.26. The number of benzene rings is 1. The molecule has 1 aromatic carbocycles. The lowest BCUT2D eigenvalue weighted by Gasteiger charge is -2.16. The molecule has 0 aromatic heterocycles. The monoisotopic (exact) mass is 292 g/mol. The Labute approximate surface area is 101 Å². The lowest BCUT2D eigenvalue weighted by atomic mass is 9.96. The van der Waals surface area contributed by atoms with E-state index in [4.69, 9.17) is 4.74 Å². The van der Waals surface area contributed by atoms with E-state index in [9.17, 15) is 13.6 Å². The highest BCUT2D eigenvalue weighted by Crippen LogP contribution is 2.36. The van der Waals surface area contributed by atoms with Gasteiger partial charge in [-0.3, -0.25) is 0 Å². The second-order valence-electron chi connectivity index (χ2n) is 3.40. The molecule has 0 saturated heterocycles.